The van der Waals surface area contributed by atoms with Gasteiger partial charge in [-0.25, -0.2) is 16.8 Å². The van der Waals surface area contributed by atoms with Gasteiger partial charge in [0.25, 0.3) is 0 Å². The smallest absolute Gasteiger partial charge is 0.224 e. The molecule has 23 heavy (non-hydrogen) atoms. The Kier molecular flexibility index (Phi) is 7.03. The van der Waals surface area contributed by atoms with E-state index in [1.54, 1.807) is 4.90 Å². The molecule has 7 nitrogen and oxygen atoms in total. The van der Waals surface area contributed by atoms with Crippen LogP contribution < -0.4 is 0 Å². The Labute approximate surface area is 140 Å². The number of sulfone groups is 1. The third-order valence-corrected chi connectivity index (χ3v) is 7.51. The summed E-state index contributed by atoms with van der Waals surface area (Å²) in [5.41, 5.74) is 0. The number of sulfonamides is 1. The first-order valence-electron chi connectivity index (χ1n) is 7.98. The van der Waals surface area contributed by atoms with E-state index in [4.69, 9.17) is 0 Å². The van der Waals surface area contributed by atoms with Gasteiger partial charge in [0.1, 0.15) is 0 Å². The predicted molar refractivity (Wildman–Crippen MR) is 90.4 cm³/mol. The highest BCUT2D eigenvalue weighted by Crippen LogP contribution is 2.19. The molecule has 1 saturated heterocycles. The van der Waals surface area contributed by atoms with Crippen LogP contribution in [0, 0.1) is 0 Å². The van der Waals surface area contributed by atoms with E-state index in [0.29, 0.717) is 19.4 Å². The SMILES string of the molecule is CCC(C)N(CCC(=O)N(CC)C1CCS(=O)(=O)C1)S(C)(=O)=O. The van der Waals surface area contributed by atoms with Gasteiger partial charge in [-0.15, -0.1) is 0 Å². The lowest BCUT2D eigenvalue weighted by atomic mass is 10.2. The van der Waals surface area contributed by atoms with Crippen LogP contribution >= 0.6 is 0 Å². The van der Waals surface area contributed by atoms with Crippen LogP contribution in [-0.4, -0.2) is 74.9 Å². The van der Waals surface area contributed by atoms with E-state index < -0.39 is 19.9 Å². The van der Waals surface area contributed by atoms with Gasteiger partial charge in [0.15, 0.2) is 9.84 Å². The van der Waals surface area contributed by atoms with Crippen molar-refractivity contribution in [3.05, 3.63) is 0 Å². The normalized spacial score (nSPS) is 22.2. The molecule has 0 N–H and O–H groups in total. The van der Waals surface area contributed by atoms with Crippen LogP contribution in [0.2, 0.25) is 0 Å². The van der Waals surface area contributed by atoms with Gasteiger partial charge in [-0.3, -0.25) is 4.79 Å². The number of hydrogen-bond acceptors (Lipinski definition) is 5. The molecule has 1 aliphatic rings. The zero-order valence-corrected chi connectivity index (χ0v) is 16.0. The molecule has 1 aliphatic heterocycles. The summed E-state index contributed by atoms with van der Waals surface area (Å²) in [6.45, 7) is 6.08. The average molecular weight is 369 g/mol. The van der Waals surface area contributed by atoms with E-state index in [0.717, 1.165) is 6.26 Å². The summed E-state index contributed by atoms with van der Waals surface area (Å²) in [5.74, 6) is -0.0658. The molecule has 0 aromatic heterocycles. The molecule has 0 aromatic carbocycles. The second-order valence-corrected chi connectivity index (χ2v) is 10.3. The summed E-state index contributed by atoms with van der Waals surface area (Å²) in [7, 11) is -6.43. The van der Waals surface area contributed by atoms with Gasteiger partial charge in [-0.1, -0.05) is 6.92 Å². The topological polar surface area (TPSA) is 91.8 Å². The highest BCUT2D eigenvalue weighted by atomic mass is 32.2. The van der Waals surface area contributed by atoms with Crippen LogP contribution in [0.5, 0.6) is 0 Å². The van der Waals surface area contributed by atoms with E-state index in [2.05, 4.69) is 0 Å². The lowest BCUT2D eigenvalue weighted by molar-refractivity contribution is -0.133. The van der Waals surface area contributed by atoms with E-state index in [1.807, 2.05) is 20.8 Å². The summed E-state index contributed by atoms with van der Waals surface area (Å²) < 4.78 is 48.2. The maximum atomic E-state index is 12.4. The van der Waals surface area contributed by atoms with Gasteiger partial charge in [-0.05, 0) is 26.7 Å². The molecule has 136 valence electrons. The monoisotopic (exact) mass is 368 g/mol. The van der Waals surface area contributed by atoms with Crippen LogP contribution in [0.15, 0.2) is 0 Å². The molecule has 1 heterocycles. The summed E-state index contributed by atoms with van der Waals surface area (Å²) in [4.78, 5) is 14.0. The molecule has 0 aliphatic carbocycles. The third kappa shape index (κ3) is 5.72. The van der Waals surface area contributed by atoms with Gasteiger partial charge >= 0.3 is 0 Å². The Morgan fingerprint density at radius 2 is 1.91 bits per heavy atom. The molecule has 9 heteroatoms. The molecule has 1 rings (SSSR count). The Hall–Kier alpha value is -0.670. The molecule has 2 atom stereocenters. The first-order chi connectivity index (χ1) is 10.5. The number of carbonyl (C=O) groups excluding carboxylic acids is 1. The quantitative estimate of drug-likeness (QED) is 0.621. The second kappa shape index (κ2) is 7.94. The van der Waals surface area contributed by atoms with Gasteiger partial charge in [-0.2, -0.15) is 4.31 Å². The molecular formula is C14H28N2O5S2. The number of nitrogens with zero attached hydrogens (tertiary/aromatic N) is 2. The Balaban J connectivity index is 2.73. The number of carbonyl (C=O) groups is 1. The van der Waals surface area contributed by atoms with Crippen molar-refractivity contribution in [3.63, 3.8) is 0 Å². The fourth-order valence-electron chi connectivity index (χ4n) is 2.93. The fourth-order valence-corrected chi connectivity index (χ4v) is 5.88. The fraction of sp³-hybridized carbons (Fsp3) is 0.929. The molecule has 0 radical (unpaired) electrons. The lowest BCUT2D eigenvalue weighted by Gasteiger charge is -2.29. The van der Waals surface area contributed by atoms with Crippen LogP contribution in [0.1, 0.15) is 40.0 Å². The van der Waals surface area contributed by atoms with Crippen molar-refractivity contribution in [1.29, 1.82) is 0 Å². The Morgan fingerprint density at radius 3 is 2.30 bits per heavy atom. The van der Waals surface area contributed by atoms with Crippen LogP contribution in [0.4, 0.5) is 0 Å². The number of rotatable bonds is 8. The Bertz CT molecular complexity index is 615. The molecule has 0 aromatic rings. The maximum absolute atomic E-state index is 12.4. The minimum absolute atomic E-state index is 0.00767. The zero-order chi connectivity index (χ0) is 17.8. The number of amides is 1. The van der Waals surface area contributed by atoms with Crippen molar-refractivity contribution < 1.29 is 21.6 Å². The van der Waals surface area contributed by atoms with Crippen molar-refractivity contribution in [2.75, 3.05) is 30.9 Å². The second-order valence-electron chi connectivity index (χ2n) is 6.12. The largest absolute Gasteiger partial charge is 0.339 e. The van der Waals surface area contributed by atoms with E-state index >= 15 is 0 Å². The first kappa shape index (κ1) is 20.4. The standard InChI is InChI=1S/C14H28N2O5S2/c1-5-12(3)16(22(4,18)19)9-7-14(17)15(6-2)13-8-10-23(20,21)11-13/h12-13H,5-11H2,1-4H3. The highest BCUT2D eigenvalue weighted by molar-refractivity contribution is 7.91. The summed E-state index contributed by atoms with van der Waals surface area (Å²) in [6.07, 6.45) is 2.34. The summed E-state index contributed by atoms with van der Waals surface area (Å²) >= 11 is 0. The van der Waals surface area contributed by atoms with E-state index in [-0.39, 0.29) is 42.5 Å². The lowest BCUT2D eigenvalue weighted by Crippen LogP contribution is -2.44. The van der Waals surface area contributed by atoms with Crippen molar-refractivity contribution >= 4 is 25.8 Å². The molecular weight excluding hydrogens is 340 g/mol. The van der Waals surface area contributed by atoms with Crippen LogP contribution in [-0.2, 0) is 24.7 Å². The predicted octanol–water partition coefficient (Wildman–Crippen LogP) is 0.472. The summed E-state index contributed by atoms with van der Waals surface area (Å²) in [5, 5.41) is 0. The van der Waals surface area contributed by atoms with E-state index in [9.17, 15) is 21.6 Å². The minimum Gasteiger partial charge on any atom is -0.339 e. The molecule has 2 unspecified atom stereocenters. The maximum Gasteiger partial charge on any atom is 0.224 e. The van der Waals surface area contributed by atoms with Gasteiger partial charge in [0.2, 0.25) is 15.9 Å². The van der Waals surface area contributed by atoms with Crippen LogP contribution in [0.3, 0.4) is 0 Å². The molecule has 0 saturated carbocycles. The van der Waals surface area contributed by atoms with Crippen molar-refractivity contribution in [1.82, 2.24) is 9.21 Å². The van der Waals surface area contributed by atoms with Crippen LogP contribution in [0.25, 0.3) is 0 Å². The minimum atomic E-state index is -3.38. The van der Waals surface area contributed by atoms with Crippen molar-refractivity contribution in [3.8, 4) is 0 Å². The zero-order valence-electron chi connectivity index (χ0n) is 14.4. The molecule has 0 bridgehead atoms. The van der Waals surface area contributed by atoms with Crippen molar-refractivity contribution in [2.45, 2.75) is 52.1 Å². The number of hydrogen-bond donors (Lipinski definition) is 0. The van der Waals surface area contributed by atoms with Crippen molar-refractivity contribution in [2.24, 2.45) is 0 Å². The molecule has 1 amide bonds. The van der Waals surface area contributed by atoms with E-state index in [1.165, 1.54) is 4.31 Å². The summed E-state index contributed by atoms with van der Waals surface area (Å²) in [6, 6.07) is -0.451. The Morgan fingerprint density at radius 1 is 1.30 bits per heavy atom. The van der Waals surface area contributed by atoms with Gasteiger partial charge < -0.3 is 4.90 Å². The first-order valence-corrected chi connectivity index (χ1v) is 11.7. The highest BCUT2D eigenvalue weighted by Gasteiger charge is 2.34. The van der Waals surface area contributed by atoms with Gasteiger partial charge in [0.05, 0.1) is 17.8 Å². The average Bonchev–Trinajstić information content (AvgIpc) is 2.78. The molecule has 0 spiro atoms. The molecule has 1 fully saturated rings. The third-order valence-electron chi connectivity index (χ3n) is 4.36. The van der Waals surface area contributed by atoms with Gasteiger partial charge in [0, 0.05) is 31.6 Å².